The lowest BCUT2D eigenvalue weighted by Crippen LogP contribution is -2.44. The number of esters is 2. The van der Waals surface area contributed by atoms with Gasteiger partial charge in [0.15, 0.2) is 0 Å². The van der Waals surface area contributed by atoms with Crippen LogP contribution in [0.5, 0.6) is 0 Å². The Hall–Kier alpha value is -4.67. The molecule has 0 aliphatic carbocycles. The number of hydrogen-bond acceptors (Lipinski definition) is 7. The van der Waals surface area contributed by atoms with E-state index in [0.29, 0.717) is 22.2 Å². The van der Waals surface area contributed by atoms with Gasteiger partial charge in [-0.2, -0.15) is 0 Å². The van der Waals surface area contributed by atoms with Gasteiger partial charge in [0.25, 0.3) is 11.5 Å². The number of amides is 1. The molecule has 0 saturated carbocycles. The Balaban J connectivity index is 1.61. The van der Waals surface area contributed by atoms with E-state index in [1.54, 1.807) is 61.6 Å². The number of aryl methyl sites for hydroxylation is 1. The average Bonchev–Trinajstić information content (AvgIpc) is 2.96. The molecule has 1 N–H and O–H groups in total. The summed E-state index contributed by atoms with van der Waals surface area (Å²) in [5.74, 6) is -2.38. The zero-order chi connectivity index (χ0) is 30.6. The first-order valence-corrected chi connectivity index (χ1v) is 13.3. The SMILES string of the molecule is C=C(C)C(=O)OCOC(=O)[C@H](Cc1ccc(-n2c(=O)c3ccccc3n(C)c2=O)cc1)NC(=O)c1c(Cl)cccc1Cl. The molecule has 12 heteroatoms. The van der Waals surface area contributed by atoms with Crippen molar-refractivity contribution in [3.05, 3.63) is 121 Å². The highest BCUT2D eigenvalue weighted by atomic mass is 35.5. The third-order valence-corrected chi connectivity index (χ3v) is 6.96. The highest BCUT2D eigenvalue weighted by molar-refractivity contribution is 6.39. The van der Waals surface area contributed by atoms with E-state index in [4.69, 9.17) is 32.7 Å². The van der Waals surface area contributed by atoms with E-state index in [9.17, 15) is 24.0 Å². The molecular weight excluding hydrogens is 585 g/mol. The Bertz CT molecular complexity index is 1810. The van der Waals surface area contributed by atoms with E-state index < -0.39 is 41.9 Å². The van der Waals surface area contributed by atoms with Crippen LogP contribution < -0.4 is 16.6 Å². The third kappa shape index (κ3) is 6.45. The van der Waals surface area contributed by atoms with Gasteiger partial charge in [-0.25, -0.2) is 19.0 Å². The molecule has 1 heterocycles. The summed E-state index contributed by atoms with van der Waals surface area (Å²) >= 11 is 12.3. The van der Waals surface area contributed by atoms with Crippen LogP contribution in [0.4, 0.5) is 0 Å². The summed E-state index contributed by atoms with van der Waals surface area (Å²) < 4.78 is 12.3. The van der Waals surface area contributed by atoms with Crippen LogP contribution in [0.2, 0.25) is 10.0 Å². The second-order valence-corrected chi connectivity index (χ2v) is 10.1. The number of para-hydroxylation sites is 1. The van der Waals surface area contributed by atoms with Gasteiger partial charge in [-0.15, -0.1) is 0 Å². The smallest absolute Gasteiger partial charge is 0.335 e. The van der Waals surface area contributed by atoms with E-state index in [0.717, 1.165) is 4.57 Å². The molecule has 4 rings (SSSR count). The van der Waals surface area contributed by atoms with Crippen LogP contribution in [0.25, 0.3) is 16.6 Å². The van der Waals surface area contributed by atoms with Crippen LogP contribution in [0.1, 0.15) is 22.8 Å². The molecule has 0 spiro atoms. The first-order chi connectivity index (χ1) is 20.0. The number of nitrogens with one attached hydrogen (secondary N) is 1. The number of hydrogen-bond donors (Lipinski definition) is 1. The summed E-state index contributed by atoms with van der Waals surface area (Å²) in [5, 5.41) is 3.10. The van der Waals surface area contributed by atoms with Gasteiger partial charge in [0.1, 0.15) is 6.04 Å². The number of rotatable bonds is 9. The van der Waals surface area contributed by atoms with E-state index in [1.165, 1.54) is 23.6 Å². The van der Waals surface area contributed by atoms with E-state index in [-0.39, 0.29) is 27.6 Å². The Kier molecular flexibility index (Phi) is 9.29. The van der Waals surface area contributed by atoms with Gasteiger partial charge in [0.2, 0.25) is 6.79 Å². The molecule has 1 amide bonds. The number of aromatic nitrogens is 2. The van der Waals surface area contributed by atoms with Gasteiger partial charge < -0.3 is 14.8 Å². The molecule has 0 bridgehead atoms. The number of halogens is 2. The normalized spacial score (nSPS) is 11.5. The summed E-state index contributed by atoms with van der Waals surface area (Å²) in [6.07, 6.45) is -0.0635. The van der Waals surface area contributed by atoms with Crippen LogP contribution in [0.3, 0.4) is 0 Å². The van der Waals surface area contributed by atoms with Crippen molar-refractivity contribution >= 4 is 52.0 Å². The summed E-state index contributed by atoms with van der Waals surface area (Å²) in [6, 6.07) is 16.4. The fourth-order valence-corrected chi connectivity index (χ4v) is 4.72. The number of carbonyl (C=O) groups excluding carboxylic acids is 3. The number of fused-ring (bicyclic) bond motifs is 1. The Morgan fingerprint density at radius 1 is 0.929 bits per heavy atom. The minimum absolute atomic E-state index is 0.0331. The monoisotopic (exact) mass is 609 g/mol. The molecule has 3 aromatic carbocycles. The maximum Gasteiger partial charge on any atom is 0.335 e. The Morgan fingerprint density at radius 3 is 2.21 bits per heavy atom. The van der Waals surface area contributed by atoms with Crippen LogP contribution in [0, 0.1) is 0 Å². The number of ether oxygens (including phenoxy) is 2. The average molecular weight is 610 g/mol. The summed E-state index contributed by atoms with van der Waals surface area (Å²) in [5.41, 5.74) is 0.449. The second-order valence-electron chi connectivity index (χ2n) is 9.29. The Labute approximate surface area is 249 Å². The highest BCUT2D eigenvalue weighted by Gasteiger charge is 2.26. The van der Waals surface area contributed by atoms with Gasteiger partial charge in [-0.3, -0.25) is 14.2 Å². The van der Waals surface area contributed by atoms with Crippen molar-refractivity contribution in [3.63, 3.8) is 0 Å². The third-order valence-electron chi connectivity index (χ3n) is 6.33. The molecule has 10 nitrogen and oxygen atoms in total. The molecule has 1 atom stereocenters. The van der Waals surface area contributed by atoms with Crippen LogP contribution >= 0.6 is 23.2 Å². The fraction of sp³-hybridized carbons (Fsp3) is 0.167. The molecule has 0 saturated heterocycles. The van der Waals surface area contributed by atoms with Crippen molar-refractivity contribution in [1.82, 2.24) is 14.5 Å². The zero-order valence-electron chi connectivity index (χ0n) is 22.6. The molecular formula is C30H25Cl2N3O7. The predicted octanol–water partition coefficient (Wildman–Crippen LogP) is 3.96. The maximum absolute atomic E-state index is 13.1. The van der Waals surface area contributed by atoms with Crippen molar-refractivity contribution in [2.24, 2.45) is 7.05 Å². The van der Waals surface area contributed by atoms with Crippen molar-refractivity contribution in [2.45, 2.75) is 19.4 Å². The fourth-order valence-electron chi connectivity index (χ4n) is 4.16. The van der Waals surface area contributed by atoms with E-state index in [1.807, 2.05) is 0 Å². The molecule has 0 fully saturated rings. The van der Waals surface area contributed by atoms with Gasteiger partial charge in [-0.1, -0.05) is 60.1 Å². The van der Waals surface area contributed by atoms with Crippen LogP contribution in [-0.2, 0) is 32.5 Å². The minimum Gasteiger partial charge on any atom is -0.426 e. The molecule has 0 radical (unpaired) electrons. The van der Waals surface area contributed by atoms with Crippen LogP contribution in [0.15, 0.2) is 88.5 Å². The quantitative estimate of drug-likeness (QED) is 0.173. The Morgan fingerprint density at radius 2 is 1.57 bits per heavy atom. The number of carbonyl (C=O) groups is 3. The minimum atomic E-state index is -1.25. The second kappa shape index (κ2) is 12.9. The van der Waals surface area contributed by atoms with E-state index >= 15 is 0 Å². The number of nitrogens with zero attached hydrogens (tertiary/aromatic N) is 2. The van der Waals surface area contributed by atoms with E-state index in [2.05, 4.69) is 11.9 Å². The molecule has 42 heavy (non-hydrogen) atoms. The number of benzene rings is 3. The van der Waals surface area contributed by atoms with Crippen molar-refractivity contribution in [3.8, 4) is 5.69 Å². The van der Waals surface area contributed by atoms with Gasteiger partial charge in [0.05, 0.1) is 32.2 Å². The van der Waals surface area contributed by atoms with Gasteiger partial charge in [0, 0.05) is 19.0 Å². The summed E-state index contributed by atoms with van der Waals surface area (Å²) in [6.45, 7) is 4.19. The molecule has 0 aliphatic rings. The van der Waals surface area contributed by atoms with Crippen molar-refractivity contribution < 1.29 is 23.9 Å². The maximum atomic E-state index is 13.1. The molecule has 0 aliphatic heterocycles. The van der Waals surface area contributed by atoms with Crippen LogP contribution in [-0.4, -0.2) is 39.8 Å². The topological polar surface area (TPSA) is 126 Å². The lowest BCUT2D eigenvalue weighted by molar-refractivity contribution is -0.166. The zero-order valence-corrected chi connectivity index (χ0v) is 24.1. The highest BCUT2D eigenvalue weighted by Crippen LogP contribution is 2.24. The molecule has 1 aromatic heterocycles. The van der Waals surface area contributed by atoms with Gasteiger partial charge in [-0.05, 0) is 48.9 Å². The lowest BCUT2D eigenvalue weighted by Gasteiger charge is -2.19. The molecule has 4 aromatic rings. The summed E-state index contributed by atoms with van der Waals surface area (Å²) in [4.78, 5) is 63.8. The van der Waals surface area contributed by atoms with Crippen molar-refractivity contribution in [1.29, 1.82) is 0 Å². The summed E-state index contributed by atoms with van der Waals surface area (Å²) in [7, 11) is 1.58. The van der Waals surface area contributed by atoms with Gasteiger partial charge >= 0.3 is 17.6 Å². The first-order valence-electron chi connectivity index (χ1n) is 12.5. The predicted molar refractivity (Wildman–Crippen MR) is 158 cm³/mol. The van der Waals surface area contributed by atoms with Crippen molar-refractivity contribution in [2.75, 3.05) is 6.79 Å². The lowest BCUT2D eigenvalue weighted by atomic mass is 10.0. The molecule has 0 unspecified atom stereocenters. The molecule has 216 valence electrons. The first kappa shape index (κ1) is 30.3. The standard InChI is InChI=1S/C30H25Cl2N3O7/c1-17(2)28(38)41-16-42-29(39)23(33-26(36)25-21(31)8-6-9-22(25)32)15-18-11-13-19(14-12-18)35-27(37)20-7-4-5-10-24(20)34(3)30(35)40/h4-14,23H,1,15-16H2,2-3H3,(H,33,36)/t23-/m0/s1. The largest absolute Gasteiger partial charge is 0.426 e.